The van der Waals surface area contributed by atoms with Crippen LogP contribution >= 0.6 is 0 Å². The summed E-state index contributed by atoms with van der Waals surface area (Å²) in [5.74, 6) is -4.12. The smallest absolute Gasteiger partial charge is 0.301 e. The highest BCUT2D eigenvalue weighted by atomic mass is 19.3. The number of carbonyl (C=O) groups excluding carboxylic acids is 3. The van der Waals surface area contributed by atoms with Crippen molar-refractivity contribution in [3.63, 3.8) is 0 Å². The fourth-order valence-electron chi connectivity index (χ4n) is 4.56. The van der Waals surface area contributed by atoms with Crippen molar-refractivity contribution < 1.29 is 27.9 Å². The van der Waals surface area contributed by atoms with E-state index in [1.54, 1.807) is 24.4 Å². The molecule has 1 aromatic heterocycles. The van der Waals surface area contributed by atoms with E-state index >= 15 is 0 Å². The predicted octanol–water partition coefficient (Wildman–Crippen LogP) is 2.86. The first-order chi connectivity index (χ1) is 17.7. The number of alkyl halides is 2. The second kappa shape index (κ2) is 9.76. The minimum absolute atomic E-state index is 0.0111. The quantitative estimate of drug-likeness (QED) is 0.617. The van der Waals surface area contributed by atoms with E-state index in [-0.39, 0.29) is 48.4 Å². The summed E-state index contributed by atoms with van der Waals surface area (Å²) in [5.41, 5.74) is 1.72. The van der Waals surface area contributed by atoms with E-state index in [0.29, 0.717) is 23.4 Å². The fourth-order valence-corrected chi connectivity index (χ4v) is 4.56. The second-order valence-corrected chi connectivity index (χ2v) is 9.59. The number of pyridine rings is 1. The number of likely N-dealkylation sites (tertiary alicyclic amines) is 1. The number of hydrogen-bond acceptors (Lipinski definition) is 6. The third-order valence-electron chi connectivity index (χ3n) is 6.78. The van der Waals surface area contributed by atoms with Gasteiger partial charge in [-0.1, -0.05) is 0 Å². The van der Waals surface area contributed by atoms with Crippen LogP contribution in [0.3, 0.4) is 0 Å². The number of halogens is 2. The SMILES string of the molecule is N#Cc1cc(-c2cc(NC(=O)C3CC3)ccn2)ccc1O[C@H]1CCN(C(=O)C2CCC(=O)N2)CC1(F)F. The van der Waals surface area contributed by atoms with E-state index in [0.717, 1.165) is 17.7 Å². The van der Waals surface area contributed by atoms with Crippen molar-refractivity contribution >= 4 is 23.4 Å². The van der Waals surface area contributed by atoms with Crippen molar-refractivity contribution in [2.24, 2.45) is 5.92 Å². The number of ether oxygens (including phenoxy) is 1. The molecular formula is C26H25F2N5O4. The largest absolute Gasteiger partial charge is 0.483 e. The third-order valence-corrected chi connectivity index (χ3v) is 6.78. The first-order valence-corrected chi connectivity index (χ1v) is 12.2. The van der Waals surface area contributed by atoms with Crippen molar-refractivity contribution in [2.75, 3.05) is 18.4 Å². The first-order valence-electron chi connectivity index (χ1n) is 12.2. The normalized spacial score (nSPS) is 22.6. The highest BCUT2D eigenvalue weighted by molar-refractivity contribution is 5.94. The van der Waals surface area contributed by atoms with E-state index in [2.05, 4.69) is 15.6 Å². The third kappa shape index (κ3) is 5.38. The Morgan fingerprint density at radius 2 is 2.00 bits per heavy atom. The molecule has 9 nitrogen and oxygen atoms in total. The average molecular weight is 510 g/mol. The molecule has 0 bridgehead atoms. The maximum atomic E-state index is 15.0. The lowest BCUT2D eigenvalue weighted by atomic mass is 10.0. The molecule has 2 atom stereocenters. The molecule has 2 N–H and O–H groups in total. The summed E-state index contributed by atoms with van der Waals surface area (Å²) in [5, 5.41) is 15.0. The first kappa shape index (κ1) is 24.6. The molecular weight excluding hydrogens is 484 g/mol. The number of piperidine rings is 1. The number of amides is 3. The summed E-state index contributed by atoms with van der Waals surface area (Å²) in [7, 11) is 0. The number of anilines is 1. The number of rotatable bonds is 6. The van der Waals surface area contributed by atoms with Crippen molar-refractivity contribution in [2.45, 2.75) is 50.2 Å². The number of aromatic nitrogens is 1. The van der Waals surface area contributed by atoms with Gasteiger partial charge in [-0.15, -0.1) is 0 Å². The zero-order valence-electron chi connectivity index (χ0n) is 19.9. The zero-order chi connectivity index (χ0) is 26.2. The number of carbonyl (C=O) groups is 3. The minimum Gasteiger partial charge on any atom is -0.483 e. The molecule has 1 unspecified atom stereocenters. The van der Waals surface area contributed by atoms with Gasteiger partial charge in [0.25, 0.3) is 0 Å². The molecule has 192 valence electrons. The number of hydrogen-bond donors (Lipinski definition) is 2. The number of nitrogens with zero attached hydrogens (tertiary/aromatic N) is 3. The lowest BCUT2D eigenvalue weighted by Gasteiger charge is -2.39. The summed E-state index contributed by atoms with van der Waals surface area (Å²) in [6.07, 6.45) is 2.15. The fraction of sp³-hybridized carbons (Fsp3) is 0.423. The van der Waals surface area contributed by atoms with Crippen LogP contribution in [0.25, 0.3) is 11.3 Å². The van der Waals surface area contributed by atoms with Crippen molar-refractivity contribution in [3.05, 3.63) is 42.1 Å². The molecule has 37 heavy (non-hydrogen) atoms. The van der Waals surface area contributed by atoms with Gasteiger partial charge in [0.15, 0.2) is 6.10 Å². The number of nitriles is 1. The summed E-state index contributed by atoms with van der Waals surface area (Å²) in [6, 6.07) is 9.15. The lowest BCUT2D eigenvalue weighted by molar-refractivity contribution is -0.161. The highest BCUT2D eigenvalue weighted by Crippen LogP contribution is 2.35. The molecule has 1 aromatic carbocycles. The average Bonchev–Trinajstić information content (AvgIpc) is 3.65. The molecule has 3 aliphatic rings. The van der Waals surface area contributed by atoms with Gasteiger partial charge in [0.2, 0.25) is 17.7 Å². The van der Waals surface area contributed by atoms with Crippen LogP contribution < -0.4 is 15.4 Å². The van der Waals surface area contributed by atoms with Gasteiger partial charge in [0.1, 0.15) is 17.9 Å². The highest BCUT2D eigenvalue weighted by Gasteiger charge is 2.49. The van der Waals surface area contributed by atoms with E-state index in [1.807, 2.05) is 6.07 Å². The van der Waals surface area contributed by atoms with E-state index in [1.165, 1.54) is 12.1 Å². The van der Waals surface area contributed by atoms with Crippen molar-refractivity contribution in [1.82, 2.24) is 15.2 Å². The Bertz CT molecular complexity index is 1290. The van der Waals surface area contributed by atoms with E-state index < -0.39 is 30.5 Å². The maximum Gasteiger partial charge on any atom is 0.301 e. The van der Waals surface area contributed by atoms with Crippen LogP contribution in [0.4, 0.5) is 14.5 Å². The van der Waals surface area contributed by atoms with Gasteiger partial charge in [-0.25, -0.2) is 8.78 Å². The number of nitrogens with one attached hydrogen (secondary N) is 2. The minimum atomic E-state index is -3.35. The standard InChI is InChI=1S/C26H25F2N5O4/c27-26(28)14-33(25(36)19-4-6-23(34)32-19)10-8-22(26)37-21-5-3-16(11-17(21)13-29)20-12-18(7-9-30-20)31-24(35)15-1-2-15/h3,5,7,9,11-12,15,19,22H,1-2,4,6,8,10,14H2,(H,32,34)(H,30,31,35)/t19?,22-/m0/s1. The van der Waals surface area contributed by atoms with Crippen LogP contribution in [-0.4, -0.2) is 58.8 Å². The maximum absolute atomic E-state index is 15.0. The van der Waals surface area contributed by atoms with Crippen LogP contribution in [0.1, 0.15) is 37.7 Å². The van der Waals surface area contributed by atoms with Gasteiger partial charge >= 0.3 is 5.92 Å². The van der Waals surface area contributed by atoms with Crippen LogP contribution in [0.15, 0.2) is 36.5 Å². The Morgan fingerprint density at radius 3 is 2.68 bits per heavy atom. The molecule has 3 heterocycles. The predicted molar refractivity (Wildman–Crippen MR) is 127 cm³/mol. The molecule has 11 heteroatoms. The van der Waals surface area contributed by atoms with Crippen LogP contribution in [0.2, 0.25) is 0 Å². The molecule has 1 aliphatic carbocycles. The molecule has 2 aromatic rings. The summed E-state index contributed by atoms with van der Waals surface area (Å²) in [4.78, 5) is 41.4. The Morgan fingerprint density at radius 1 is 1.19 bits per heavy atom. The Kier molecular flexibility index (Phi) is 6.50. The van der Waals surface area contributed by atoms with Gasteiger partial charge in [-0.05, 0) is 49.6 Å². The summed E-state index contributed by atoms with van der Waals surface area (Å²) >= 11 is 0. The van der Waals surface area contributed by atoms with Gasteiger partial charge in [-0.3, -0.25) is 19.4 Å². The molecule has 0 spiro atoms. The monoisotopic (exact) mass is 509 g/mol. The molecule has 1 saturated carbocycles. The van der Waals surface area contributed by atoms with E-state index in [9.17, 15) is 28.4 Å². The zero-order valence-corrected chi connectivity index (χ0v) is 19.9. The molecule has 5 rings (SSSR count). The number of benzene rings is 1. The Labute approximate surface area is 211 Å². The van der Waals surface area contributed by atoms with Gasteiger partial charge in [-0.2, -0.15) is 5.26 Å². The lowest BCUT2D eigenvalue weighted by Crippen LogP contribution is -2.58. The molecule has 3 fully saturated rings. The van der Waals surface area contributed by atoms with Crippen LogP contribution in [0, 0.1) is 17.2 Å². The summed E-state index contributed by atoms with van der Waals surface area (Å²) < 4.78 is 35.6. The topological polar surface area (TPSA) is 124 Å². The van der Waals surface area contributed by atoms with Crippen LogP contribution in [0.5, 0.6) is 5.75 Å². The molecule has 0 radical (unpaired) electrons. The van der Waals surface area contributed by atoms with Crippen molar-refractivity contribution in [3.8, 4) is 23.1 Å². The summed E-state index contributed by atoms with van der Waals surface area (Å²) in [6.45, 7) is -0.777. The van der Waals surface area contributed by atoms with Gasteiger partial charge in [0.05, 0.1) is 17.8 Å². The van der Waals surface area contributed by atoms with Gasteiger partial charge < -0.3 is 20.3 Å². The Balaban J connectivity index is 1.27. The van der Waals surface area contributed by atoms with E-state index in [4.69, 9.17) is 4.74 Å². The molecule has 2 saturated heterocycles. The second-order valence-electron chi connectivity index (χ2n) is 9.59. The molecule has 2 aliphatic heterocycles. The van der Waals surface area contributed by atoms with Crippen LogP contribution in [-0.2, 0) is 14.4 Å². The Hall–Kier alpha value is -4.07. The van der Waals surface area contributed by atoms with Gasteiger partial charge in [0, 0.05) is 42.8 Å². The molecule has 3 amide bonds. The van der Waals surface area contributed by atoms with Crippen molar-refractivity contribution in [1.29, 1.82) is 5.26 Å².